The van der Waals surface area contributed by atoms with Crippen LogP contribution in [0.5, 0.6) is 0 Å². The predicted molar refractivity (Wildman–Crippen MR) is 89.3 cm³/mol. The number of anilines is 3. The Bertz CT molecular complexity index is 955. The fraction of sp³-hybridized carbons (Fsp3) is 0.188. The third-order valence-corrected chi connectivity index (χ3v) is 3.89. The molecule has 3 aromatic rings. The van der Waals surface area contributed by atoms with Crippen LogP contribution in [-0.2, 0) is 4.79 Å². The van der Waals surface area contributed by atoms with Crippen molar-refractivity contribution < 1.29 is 4.79 Å². The van der Waals surface area contributed by atoms with Gasteiger partial charge in [0.05, 0.1) is 24.1 Å². The quantitative estimate of drug-likeness (QED) is 0.724. The molecule has 0 aliphatic carbocycles. The van der Waals surface area contributed by atoms with Crippen LogP contribution in [0.1, 0.15) is 12.8 Å². The highest BCUT2D eigenvalue weighted by atomic mass is 16.2. The highest BCUT2D eigenvalue weighted by molar-refractivity contribution is 6.04. The molecule has 0 radical (unpaired) electrons. The second kappa shape index (κ2) is 5.62. The van der Waals surface area contributed by atoms with Crippen LogP contribution in [0, 0.1) is 6.57 Å². The number of nitrogens with one attached hydrogen (secondary N) is 2. The average Bonchev–Trinajstić information content (AvgIpc) is 3.23. The van der Waals surface area contributed by atoms with Gasteiger partial charge in [0.1, 0.15) is 5.52 Å². The zero-order chi connectivity index (χ0) is 16.5. The molecule has 0 unspecified atom stereocenters. The maximum Gasteiger partial charge on any atom is 0.227 e. The fourth-order valence-electron chi connectivity index (χ4n) is 2.78. The number of carbonyl (C=O) groups excluding carboxylic acids is 1. The van der Waals surface area contributed by atoms with E-state index in [0.29, 0.717) is 24.6 Å². The Hall–Kier alpha value is -3.47. The molecule has 1 aliphatic heterocycles. The summed E-state index contributed by atoms with van der Waals surface area (Å²) in [6.07, 6.45) is 5.94. The molecular formula is C16H13N7O. The van der Waals surface area contributed by atoms with Crippen LogP contribution in [-0.4, -0.2) is 32.4 Å². The van der Waals surface area contributed by atoms with E-state index in [1.54, 1.807) is 11.2 Å². The first-order chi connectivity index (χ1) is 11.7. The Balaban J connectivity index is 1.73. The van der Waals surface area contributed by atoms with Gasteiger partial charge < -0.3 is 15.2 Å². The lowest BCUT2D eigenvalue weighted by molar-refractivity contribution is -0.117. The van der Waals surface area contributed by atoms with Crippen LogP contribution in [0.4, 0.5) is 23.0 Å². The van der Waals surface area contributed by atoms with Crippen molar-refractivity contribution in [2.75, 3.05) is 16.8 Å². The molecule has 0 atom stereocenters. The van der Waals surface area contributed by atoms with Gasteiger partial charge in [0.2, 0.25) is 17.5 Å². The van der Waals surface area contributed by atoms with Crippen molar-refractivity contribution in [2.24, 2.45) is 0 Å². The summed E-state index contributed by atoms with van der Waals surface area (Å²) in [5, 5.41) is 3.10. The Morgan fingerprint density at radius 1 is 1.25 bits per heavy atom. The molecule has 1 fully saturated rings. The molecule has 0 saturated carbocycles. The highest BCUT2D eigenvalue weighted by Crippen LogP contribution is 2.32. The smallest absolute Gasteiger partial charge is 0.227 e. The van der Waals surface area contributed by atoms with Gasteiger partial charge in [0.25, 0.3) is 0 Å². The molecule has 3 heterocycles. The summed E-state index contributed by atoms with van der Waals surface area (Å²) in [5.41, 5.74) is 3.49. The van der Waals surface area contributed by atoms with E-state index >= 15 is 0 Å². The standard InChI is InChI=1S/C16H13N7O/c1-17-11-7-18-16(19-8-11)22-10-5-12-15(21-9-20-12)13(6-10)23-4-2-3-14(23)24/h5-9H,2-4H2,(H,20,21)(H,18,19,22). The van der Waals surface area contributed by atoms with Gasteiger partial charge in [0, 0.05) is 31.0 Å². The number of fused-ring (bicyclic) bond motifs is 1. The number of nitrogens with zero attached hydrogens (tertiary/aromatic N) is 5. The average molecular weight is 319 g/mol. The summed E-state index contributed by atoms with van der Waals surface area (Å²) in [5.74, 6) is 0.495. The molecular weight excluding hydrogens is 306 g/mol. The lowest BCUT2D eigenvalue weighted by Crippen LogP contribution is -2.24. The molecule has 4 rings (SSSR count). The van der Waals surface area contributed by atoms with Gasteiger partial charge in [-0.15, -0.1) is 0 Å². The highest BCUT2D eigenvalue weighted by Gasteiger charge is 2.24. The normalized spacial score (nSPS) is 14.1. The van der Waals surface area contributed by atoms with Crippen molar-refractivity contribution in [1.29, 1.82) is 0 Å². The molecule has 8 heteroatoms. The molecule has 1 aliphatic rings. The van der Waals surface area contributed by atoms with Crippen molar-refractivity contribution in [1.82, 2.24) is 19.9 Å². The van der Waals surface area contributed by atoms with Gasteiger partial charge in [-0.05, 0) is 18.6 Å². The van der Waals surface area contributed by atoms with Gasteiger partial charge >= 0.3 is 0 Å². The Morgan fingerprint density at radius 2 is 2.08 bits per heavy atom. The third-order valence-electron chi connectivity index (χ3n) is 3.89. The van der Waals surface area contributed by atoms with E-state index in [1.165, 1.54) is 12.4 Å². The SMILES string of the molecule is [C-]#[N+]c1cnc(Nc2cc(N3CCCC3=O)c3nc[nH]c3c2)nc1. The first-order valence-electron chi connectivity index (χ1n) is 7.48. The number of H-pyrrole nitrogens is 1. The Labute approximate surface area is 137 Å². The third kappa shape index (κ3) is 2.42. The Morgan fingerprint density at radius 3 is 2.79 bits per heavy atom. The second-order valence-electron chi connectivity index (χ2n) is 5.44. The van der Waals surface area contributed by atoms with Crippen LogP contribution in [0.2, 0.25) is 0 Å². The van der Waals surface area contributed by atoms with Crippen molar-refractivity contribution in [3.8, 4) is 0 Å². The maximum atomic E-state index is 12.1. The van der Waals surface area contributed by atoms with Crippen LogP contribution in [0.25, 0.3) is 15.9 Å². The van der Waals surface area contributed by atoms with Crippen molar-refractivity contribution in [2.45, 2.75) is 12.8 Å². The Kier molecular flexibility index (Phi) is 3.31. The summed E-state index contributed by atoms with van der Waals surface area (Å²) < 4.78 is 0. The van der Waals surface area contributed by atoms with Gasteiger partial charge in [0.15, 0.2) is 0 Å². The number of amides is 1. The minimum Gasteiger partial charge on any atom is -0.344 e. The zero-order valence-corrected chi connectivity index (χ0v) is 12.7. The summed E-state index contributed by atoms with van der Waals surface area (Å²) in [6, 6.07) is 3.76. The zero-order valence-electron chi connectivity index (χ0n) is 12.7. The summed E-state index contributed by atoms with van der Waals surface area (Å²) in [7, 11) is 0. The molecule has 1 amide bonds. The summed E-state index contributed by atoms with van der Waals surface area (Å²) >= 11 is 0. The van der Waals surface area contributed by atoms with E-state index in [9.17, 15) is 4.79 Å². The number of rotatable bonds is 3. The number of benzene rings is 1. The number of aromatic nitrogens is 4. The predicted octanol–water partition coefficient (Wildman–Crippen LogP) is 2.77. The van der Waals surface area contributed by atoms with E-state index in [-0.39, 0.29) is 5.91 Å². The van der Waals surface area contributed by atoms with Gasteiger partial charge in [-0.1, -0.05) is 0 Å². The molecule has 2 N–H and O–H groups in total. The van der Waals surface area contributed by atoms with Crippen LogP contribution >= 0.6 is 0 Å². The van der Waals surface area contributed by atoms with E-state index < -0.39 is 0 Å². The number of hydrogen-bond acceptors (Lipinski definition) is 5. The van der Waals surface area contributed by atoms with Crippen LogP contribution in [0.15, 0.2) is 30.9 Å². The molecule has 1 aromatic carbocycles. The van der Waals surface area contributed by atoms with E-state index in [1.807, 2.05) is 12.1 Å². The number of aromatic amines is 1. The van der Waals surface area contributed by atoms with Gasteiger partial charge in [-0.2, -0.15) is 0 Å². The monoisotopic (exact) mass is 319 g/mol. The first-order valence-corrected chi connectivity index (χ1v) is 7.48. The second-order valence-corrected chi connectivity index (χ2v) is 5.44. The van der Waals surface area contributed by atoms with Crippen LogP contribution < -0.4 is 10.2 Å². The number of hydrogen-bond donors (Lipinski definition) is 2. The van der Waals surface area contributed by atoms with E-state index in [2.05, 4.69) is 30.1 Å². The molecule has 0 bridgehead atoms. The van der Waals surface area contributed by atoms with Crippen molar-refractivity contribution in [3.05, 3.63) is 42.3 Å². The lowest BCUT2D eigenvalue weighted by Gasteiger charge is -2.17. The molecule has 118 valence electrons. The van der Waals surface area contributed by atoms with E-state index in [0.717, 1.165) is 28.8 Å². The van der Waals surface area contributed by atoms with Crippen molar-refractivity contribution in [3.63, 3.8) is 0 Å². The summed E-state index contributed by atoms with van der Waals surface area (Å²) in [6.45, 7) is 7.62. The minimum absolute atomic E-state index is 0.106. The maximum absolute atomic E-state index is 12.1. The molecule has 1 saturated heterocycles. The van der Waals surface area contributed by atoms with Crippen LogP contribution in [0.3, 0.4) is 0 Å². The molecule has 0 spiro atoms. The van der Waals surface area contributed by atoms with Crippen molar-refractivity contribution >= 4 is 40.0 Å². The van der Waals surface area contributed by atoms with Gasteiger partial charge in [-0.25, -0.2) is 19.8 Å². The lowest BCUT2D eigenvalue weighted by atomic mass is 10.2. The molecule has 8 nitrogen and oxygen atoms in total. The first kappa shape index (κ1) is 14.1. The molecule has 24 heavy (non-hydrogen) atoms. The number of imidazole rings is 1. The fourth-order valence-corrected chi connectivity index (χ4v) is 2.78. The minimum atomic E-state index is 0.106. The largest absolute Gasteiger partial charge is 0.344 e. The van der Waals surface area contributed by atoms with E-state index in [4.69, 9.17) is 6.57 Å². The number of carbonyl (C=O) groups is 1. The molecule has 2 aromatic heterocycles. The summed E-state index contributed by atoms with van der Waals surface area (Å²) in [4.78, 5) is 32.7. The van der Waals surface area contributed by atoms with Gasteiger partial charge in [-0.3, -0.25) is 4.79 Å². The topological polar surface area (TPSA) is 91.2 Å².